The molecule has 2 aromatic rings. The Morgan fingerprint density at radius 2 is 1.57 bits per heavy atom. The number of rotatable bonds is 6. The minimum Gasteiger partial charge on any atom is -0.497 e. The van der Waals surface area contributed by atoms with Crippen LogP contribution in [0, 0.1) is 0 Å². The van der Waals surface area contributed by atoms with Crippen molar-refractivity contribution in [1.29, 1.82) is 0 Å². The smallest absolute Gasteiger partial charge is 0.143 e. The Bertz CT molecular complexity index is 599. The van der Waals surface area contributed by atoms with Crippen LogP contribution in [0.3, 0.4) is 0 Å². The lowest BCUT2D eigenvalue weighted by Crippen LogP contribution is -2.02. The van der Waals surface area contributed by atoms with E-state index in [2.05, 4.69) is 5.32 Å². The number of nitrogens with one attached hydrogen (secondary N) is 1. The Labute approximate surface area is 129 Å². The molecule has 1 N–H and O–H groups in total. The molecule has 0 atom stereocenters. The summed E-state index contributed by atoms with van der Waals surface area (Å²) in [5.41, 5.74) is 1.96. The highest BCUT2D eigenvalue weighted by Gasteiger charge is 2.09. The van der Waals surface area contributed by atoms with Crippen molar-refractivity contribution in [3.8, 4) is 17.2 Å². The van der Waals surface area contributed by atoms with Crippen LogP contribution in [0.1, 0.15) is 5.56 Å². The molecule has 0 heterocycles. The molecule has 5 heteroatoms. The van der Waals surface area contributed by atoms with Crippen molar-refractivity contribution >= 4 is 17.3 Å². The van der Waals surface area contributed by atoms with Gasteiger partial charge in [0.15, 0.2) is 0 Å². The number of hydrogen-bond acceptors (Lipinski definition) is 4. The second-order valence-electron chi connectivity index (χ2n) is 4.39. The van der Waals surface area contributed by atoms with Crippen molar-refractivity contribution in [2.45, 2.75) is 6.54 Å². The van der Waals surface area contributed by atoms with Gasteiger partial charge in [0.2, 0.25) is 0 Å². The molecule has 0 fully saturated rings. The molecule has 112 valence electrons. The summed E-state index contributed by atoms with van der Waals surface area (Å²) in [6.07, 6.45) is 0. The quantitative estimate of drug-likeness (QED) is 0.876. The Kier molecular flexibility index (Phi) is 5.17. The van der Waals surface area contributed by atoms with E-state index in [1.807, 2.05) is 30.3 Å². The van der Waals surface area contributed by atoms with Crippen molar-refractivity contribution < 1.29 is 14.2 Å². The van der Waals surface area contributed by atoms with Gasteiger partial charge in [0, 0.05) is 18.7 Å². The van der Waals surface area contributed by atoms with Crippen molar-refractivity contribution in [1.82, 2.24) is 0 Å². The topological polar surface area (TPSA) is 39.7 Å². The standard InChI is InChI=1S/C16H18ClNO3/c1-19-12-6-4-11(5-7-12)10-18-14-9-15(20-2)13(17)8-16(14)21-3/h4-9,18H,10H2,1-3H3. The largest absolute Gasteiger partial charge is 0.497 e. The SMILES string of the molecule is COc1ccc(CNc2cc(OC)c(Cl)cc2OC)cc1. The minimum atomic E-state index is 0.518. The fourth-order valence-electron chi connectivity index (χ4n) is 1.94. The maximum Gasteiger partial charge on any atom is 0.143 e. The molecule has 0 aliphatic rings. The molecular weight excluding hydrogens is 290 g/mol. The van der Waals surface area contributed by atoms with Gasteiger partial charge in [-0.3, -0.25) is 0 Å². The van der Waals surface area contributed by atoms with Crippen LogP contribution in [-0.4, -0.2) is 21.3 Å². The average molecular weight is 308 g/mol. The molecule has 0 aliphatic heterocycles. The zero-order valence-electron chi connectivity index (χ0n) is 12.3. The molecule has 0 unspecified atom stereocenters. The van der Waals surface area contributed by atoms with Gasteiger partial charge < -0.3 is 19.5 Å². The molecule has 21 heavy (non-hydrogen) atoms. The van der Waals surface area contributed by atoms with Crippen molar-refractivity contribution in [3.63, 3.8) is 0 Å². The van der Waals surface area contributed by atoms with Gasteiger partial charge in [-0.25, -0.2) is 0 Å². The van der Waals surface area contributed by atoms with Gasteiger partial charge in [-0.05, 0) is 17.7 Å². The van der Waals surface area contributed by atoms with E-state index in [-0.39, 0.29) is 0 Å². The second kappa shape index (κ2) is 7.09. The van der Waals surface area contributed by atoms with Crippen LogP contribution in [0.2, 0.25) is 5.02 Å². The first-order valence-corrected chi connectivity index (χ1v) is 6.84. The van der Waals surface area contributed by atoms with E-state index in [1.165, 1.54) is 0 Å². The number of hydrogen-bond donors (Lipinski definition) is 1. The molecule has 0 aromatic heterocycles. The summed E-state index contributed by atoms with van der Waals surface area (Å²) < 4.78 is 15.7. The third-order valence-electron chi connectivity index (χ3n) is 3.12. The molecule has 0 spiro atoms. The van der Waals surface area contributed by atoms with Crippen molar-refractivity contribution in [2.24, 2.45) is 0 Å². The first kappa shape index (κ1) is 15.3. The second-order valence-corrected chi connectivity index (χ2v) is 4.80. The zero-order valence-corrected chi connectivity index (χ0v) is 13.0. The Hall–Kier alpha value is -2.07. The molecule has 0 amide bonds. The van der Waals surface area contributed by atoms with Crippen LogP contribution in [0.15, 0.2) is 36.4 Å². The monoisotopic (exact) mass is 307 g/mol. The normalized spacial score (nSPS) is 10.1. The van der Waals surface area contributed by atoms with Crippen molar-refractivity contribution in [3.05, 3.63) is 47.0 Å². The number of ether oxygens (including phenoxy) is 3. The van der Waals surface area contributed by atoms with Crippen LogP contribution in [0.4, 0.5) is 5.69 Å². The number of methoxy groups -OCH3 is 3. The van der Waals surface area contributed by atoms with Crippen LogP contribution in [0.25, 0.3) is 0 Å². The summed E-state index contributed by atoms with van der Waals surface area (Å²) in [5, 5.41) is 3.83. The minimum absolute atomic E-state index is 0.518. The Balaban J connectivity index is 2.14. The molecule has 0 bridgehead atoms. The van der Waals surface area contributed by atoms with Crippen LogP contribution in [0.5, 0.6) is 17.2 Å². The number of anilines is 1. The van der Waals surface area contributed by atoms with Crippen LogP contribution >= 0.6 is 11.6 Å². The Morgan fingerprint density at radius 1 is 0.905 bits per heavy atom. The van der Waals surface area contributed by atoms with Gasteiger partial charge in [0.1, 0.15) is 17.2 Å². The maximum atomic E-state index is 6.08. The summed E-state index contributed by atoms with van der Waals surface area (Å²) in [5.74, 6) is 2.12. The van der Waals surface area contributed by atoms with E-state index >= 15 is 0 Å². The highest BCUT2D eigenvalue weighted by Crippen LogP contribution is 2.36. The van der Waals surface area contributed by atoms with E-state index in [0.717, 1.165) is 17.0 Å². The van der Waals surface area contributed by atoms with Crippen LogP contribution in [-0.2, 0) is 6.54 Å². The Morgan fingerprint density at radius 3 is 2.14 bits per heavy atom. The fraction of sp³-hybridized carbons (Fsp3) is 0.250. The van der Waals surface area contributed by atoms with Gasteiger partial charge in [0.25, 0.3) is 0 Å². The molecule has 2 aromatic carbocycles. The molecule has 4 nitrogen and oxygen atoms in total. The third-order valence-corrected chi connectivity index (χ3v) is 3.41. The lowest BCUT2D eigenvalue weighted by molar-refractivity contribution is 0.404. The molecule has 0 aliphatic carbocycles. The predicted octanol–water partition coefficient (Wildman–Crippen LogP) is 3.98. The average Bonchev–Trinajstić information content (AvgIpc) is 2.53. The molecule has 0 radical (unpaired) electrons. The van der Waals surface area contributed by atoms with E-state index < -0.39 is 0 Å². The van der Waals surface area contributed by atoms with E-state index in [4.69, 9.17) is 25.8 Å². The third kappa shape index (κ3) is 3.73. The fourth-order valence-corrected chi connectivity index (χ4v) is 2.17. The summed E-state index contributed by atoms with van der Waals surface area (Å²) in [6.45, 7) is 0.658. The van der Waals surface area contributed by atoms with Gasteiger partial charge >= 0.3 is 0 Å². The molecule has 0 saturated heterocycles. The summed E-state index contributed by atoms with van der Waals surface area (Å²) >= 11 is 6.08. The molecule has 2 rings (SSSR count). The van der Waals surface area contributed by atoms with E-state index in [9.17, 15) is 0 Å². The lowest BCUT2D eigenvalue weighted by atomic mass is 10.2. The zero-order chi connectivity index (χ0) is 15.2. The maximum absolute atomic E-state index is 6.08. The first-order chi connectivity index (χ1) is 10.2. The molecular formula is C16H18ClNO3. The number of benzene rings is 2. The van der Waals surface area contributed by atoms with E-state index in [0.29, 0.717) is 23.1 Å². The first-order valence-electron chi connectivity index (χ1n) is 6.46. The van der Waals surface area contributed by atoms with Crippen molar-refractivity contribution in [2.75, 3.05) is 26.6 Å². The van der Waals surface area contributed by atoms with Gasteiger partial charge in [-0.2, -0.15) is 0 Å². The van der Waals surface area contributed by atoms with Gasteiger partial charge in [-0.1, -0.05) is 23.7 Å². The summed E-state index contributed by atoms with van der Waals surface area (Å²) in [7, 11) is 4.84. The summed E-state index contributed by atoms with van der Waals surface area (Å²) in [6, 6.07) is 11.4. The highest BCUT2D eigenvalue weighted by atomic mass is 35.5. The lowest BCUT2D eigenvalue weighted by Gasteiger charge is -2.14. The summed E-state index contributed by atoms with van der Waals surface area (Å²) in [4.78, 5) is 0. The van der Waals surface area contributed by atoms with Gasteiger partial charge in [-0.15, -0.1) is 0 Å². The number of halogens is 1. The van der Waals surface area contributed by atoms with Crippen LogP contribution < -0.4 is 19.5 Å². The predicted molar refractivity (Wildman–Crippen MR) is 84.9 cm³/mol. The highest BCUT2D eigenvalue weighted by molar-refractivity contribution is 6.32. The molecule has 0 saturated carbocycles. The van der Waals surface area contributed by atoms with E-state index in [1.54, 1.807) is 27.4 Å². The van der Waals surface area contributed by atoms with Gasteiger partial charge in [0.05, 0.1) is 32.0 Å².